The van der Waals surface area contributed by atoms with E-state index in [2.05, 4.69) is 440 Å². The minimum Gasteiger partial charge on any atom is -0.309 e. The highest BCUT2D eigenvalue weighted by atomic mass is 15.1. The van der Waals surface area contributed by atoms with Crippen molar-refractivity contribution in [2.75, 3.05) is 0 Å². The van der Waals surface area contributed by atoms with Gasteiger partial charge in [-0.2, -0.15) is 10.5 Å². The molecule has 8 heterocycles. The summed E-state index contributed by atoms with van der Waals surface area (Å²) in [4.78, 5) is 27.1. The molecule has 27 rings (SSSR count). The van der Waals surface area contributed by atoms with E-state index < -0.39 is 0 Å². The number of aromatic nitrogens is 11. The summed E-state index contributed by atoms with van der Waals surface area (Å²) in [5.41, 5.74) is 27.0. The highest BCUT2D eigenvalue weighted by molar-refractivity contribution is 6.20. The van der Waals surface area contributed by atoms with Gasteiger partial charge in [0.15, 0.2) is 23.3 Å². The monoisotopic (exact) mass is 1730 g/mol. The SMILES string of the molecule is N#Cc1c(-n2c3ccccc3c3ccccc32)c(-n2c3ccccc3c3ccccc32)c(C#N)c(-n2c3ccccc3c3c(-c4ccc5c6ccccc6n(-c6ccccc6-c6nc(-c7ccccc7)nc(-c7cccc(-c8ccc9c%10ccccc%10n(-c%10ccccc%10-c%10cc(-c%11ccccc%11)nc(-c%11ccccc%11)n%10)c9c8)c7)n6)c5c4)cccc32)c1-n1c2ccccc2c2ccccc21. The lowest BCUT2D eigenvalue weighted by molar-refractivity contribution is 1.02. The van der Waals surface area contributed by atoms with Crippen molar-refractivity contribution in [1.82, 2.24) is 52.3 Å². The summed E-state index contributed by atoms with van der Waals surface area (Å²) in [6.45, 7) is 0. The molecule has 13 nitrogen and oxygen atoms in total. The molecule has 0 radical (unpaired) electrons. The van der Waals surface area contributed by atoms with Crippen molar-refractivity contribution in [3.8, 4) is 137 Å². The Morgan fingerprint density at radius 1 is 0.169 bits per heavy atom. The molecule has 8 aromatic heterocycles. The van der Waals surface area contributed by atoms with Crippen LogP contribution in [0.1, 0.15) is 11.1 Å². The fourth-order valence-corrected chi connectivity index (χ4v) is 21.6. The third-order valence-corrected chi connectivity index (χ3v) is 27.4. The molecule has 0 fully saturated rings. The Bertz CT molecular complexity index is 9580. The Hall–Kier alpha value is -19.0. The summed E-state index contributed by atoms with van der Waals surface area (Å²) < 4.78 is 13.8. The van der Waals surface area contributed by atoms with Crippen molar-refractivity contribution in [2.24, 2.45) is 0 Å². The molecule has 0 saturated heterocycles. The lowest BCUT2D eigenvalue weighted by Crippen LogP contribution is -2.16. The van der Waals surface area contributed by atoms with Crippen LogP contribution in [0, 0.1) is 22.7 Å². The van der Waals surface area contributed by atoms with Gasteiger partial charge in [-0.1, -0.05) is 340 Å². The number of benzene rings is 19. The van der Waals surface area contributed by atoms with Crippen LogP contribution in [0.2, 0.25) is 0 Å². The van der Waals surface area contributed by atoms with Crippen LogP contribution in [0.4, 0.5) is 0 Å². The molecule has 0 atom stereocenters. The van der Waals surface area contributed by atoms with Gasteiger partial charge in [-0.05, 0) is 125 Å². The van der Waals surface area contributed by atoms with E-state index >= 15 is 0 Å². The second kappa shape index (κ2) is 30.9. The van der Waals surface area contributed by atoms with Crippen LogP contribution in [0.15, 0.2) is 443 Å². The van der Waals surface area contributed by atoms with Gasteiger partial charge in [0.2, 0.25) is 0 Å². The van der Waals surface area contributed by atoms with Crippen LogP contribution in [0.5, 0.6) is 0 Å². The van der Waals surface area contributed by atoms with Crippen LogP contribution in [0.25, 0.3) is 255 Å². The fraction of sp³-hybridized carbons (Fsp3) is 0. The molecular formula is C123H73N13. The van der Waals surface area contributed by atoms with Crippen molar-refractivity contribution < 1.29 is 0 Å². The van der Waals surface area contributed by atoms with E-state index in [-0.39, 0.29) is 0 Å². The minimum absolute atomic E-state index is 0.372. The summed E-state index contributed by atoms with van der Waals surface area (Å²) in [5.74, 6) is 2.21. The van der Waals surface area contributed by atoms with Crippen molar-refractivity contribution >= 4 is 131 Å². The van der Waals surface area contributed by atoms with Gasteiger partial charge < -0.3 is 27.4 Å². The first-order valence-electron chi connectivity index (χ1n) is 45.7. The molecule has 0 amide bonds. The maximum Gasteiger partial charge on any atom is 0.166 e. The molecule has 19 aromatic carbocycles. The highest BCUT2D eigenvalue weighted by Crippen LogP contribution is 2.52. The van der Waals surface area contributed by atoms with Gasteiger partial charge >= 0.3 is 0 Å². The van der Waals surface area contributed by atoms with Crippen molar-refractivity contribution in [3.05, 3.63) is 454 Å². The van der Waals surface area contributed by atoms with Crippen molar-refractivity contribution in [2.45, 2.75) is 0 Å². The zero-order valence-corrected chi connectivity index (χ0v) is 73.0. The number of rotatable bonds is 14. The number of hydrogen-bond acceptors (Lipinski definition) is 7. The van der Waals surface area contributed by atoms with Crippen molar-refractivity contribution in [1.29, 1.82) is 10.5 Å². The summed E-state index contributed by atoms with van der Waals surface area (Å²) in [6.07, 6.45) is 0. The van der Waals surface area contributed by atoms with Crippen LogP contribution in [-0.2, 0) is 0 Å². The van der Waals surface area contributed by atoms with E-state index in [9.17, 15) is 10.5 Å². The molecule has 13 heteroatoms. The topological polar surface area (TPSA) is 142 Å². The molecule has 0 saturated carbocycles. The van der Waals surface area contributed by atoms with E-state index in [1.54, 1.807) is 0 Å². The van der Waals surface area contributed by atoms with Gasteiger partial charge in [0, 0.05) is 98.0 Å². The Labute approximate surface area is 779 Å². The number of nitriles is 2. The van der Waals surface area contributed by atoms with Gasteiger partial charge in [-0.3, -0.25) is 0 Å². The van der Waals surface area contributed by atoms with E-state index in [0.717, 1.165) is 209 Å². The number of hydrogen-bond donors (Lipinski definition) is 0. The Kier molecular flexibility index (Phi) is 17.5. The third kappa shape index (κ3) is 11.8. The standard InChI is InChI=1S/C123H73N13/c124-74-97-116(133-103-56-23-12-42-84(103)85-43-13-24-57-104(85)133)117(134-105-58-25-14-44-86(105)87-45-15-26-59-106(87)134)98(75-125)119(118(97)135-107-60-27-16-46-88(107)89-47-17-28-61-108(89)135)136-110-63-30-19-51-95(110)115-83(53-33-65-112(115)136)81-67-69-93-91-49-11-22-55-102(91)132(114(93)72-81)111-64-31-20-52-96(111)123-129-121(78-38-8-3-9-39-78)128-122(130-123)82-41-32-40-79(70-82)80-66-68-92-90-48-10-21-54-101(90)131(113(92)71-80)109-62-29-18-50-94(109)100-73-99(76-34-4-1-5-35-76)126-120(127-100)77-36-6-2-7-37-77/h1-73H. The van der Waals surface area contributed by atoms with Gasteiger partial charge in [0.25, 0.3) is 0 Å². The second-order valence-electron chi connectivity index (χ2n) is 34.7. The predicted octanol–water partition coefficient (Wildman–Crippen LogP) is 30.3. The number of fused-ring (bicyclic) bond motifs is 18. The molecule has 0 unspecified atom stereocenters. The van der Waals surface area contributed by atoms with Gasteiger partial charge in [-0.25, -0.2) is 24.9 Å². The Morgan fingerprint density at radius 3 is 0.912 bits per heavy atom. The first-order valence-corrected chi connectivity index (χ1v) is 45.7. The lowest BCUT2D eigenvalue weighted by atomic mass is 9.97. The molecule has 27 aromatic rings. The molecule has 0 spiro atoms. The first-order chi connectivity index (χ1) is 67.4. The van der Waals surface area contributed by atoms with Crippen LogP contribution in [0.3, 0.4) is 0 Å². The highest BCUT2D eigenvalue weighted by Gasteiger charge is 2.36. The van der Waals surface area contributed by atoms with E-state index in [0.29, 0.717) is 57.2 Å². The molecule has 0 bridgehead atoms. The Morgan fingerprint density at radius 2 is 0.456 bits per heavy atom. The predicted molar refractivity (Wildman–Crippen MR) is 554 cm³/mol. The average Bonchev–Trinajstić information content (AvgIpc) is 1.50. The lowest BCUT2D eigenvalue weighted by Gasteiger charge is -2.27. The summed E-state index contributed by atoms with van der Waals surface area (Å²) in [6, 6.07) is 161. The quantitative estimate of drug-likeness (QED) is 0.106. The smallest absolute Gasteiger partial charge is 0.166 e. The number of para-hydroxylation sites is 11. The minimum atomic E-state index is 0.372. The molecule has 0 aliphatic heterocycles. The van der Waals surface area contributed by atoms with E-state index in [4.69, 9.17) is 24.9 Å². The van der Waals surface area contributed by atoms with Crippen molar-refractivity contribution in [3.63, 3.8) is 0 Å². The summed E-state index contributed by atoms with van der Waals surface area (Å²) in [5, 5.41) is 38.7. The largest absolute Gasteiger partial charge is 0.309 e. The van der Waals surface area contributed by atoms with Crippen LogP contribution >= 0.6 is 0 Å². The first kappa shape index (κ1) is 77.0. The van der Waals surface area contributed by atoms with E-state index in [1.165, 1.54) is 0 Å². The van der Waals surface area contributed by atoms with E-state index in [1.807, 2.05) is 42.5 Å². The second-order valence-corrected chi connectivity index (χ2v) is 34.7. The number of nitrogens with zero attached hydrogens (tertiary/aromatic N) is 13. The van der Waals surface area contributed by atoms with Gasteiger partial charge in [0.05, 0.1) is 112 Å². The average molecular weight is 1730 g/mol. The van der Waals surface area contributed by atoms with Crippen LogP contribution in [-0.4, -0.2) is 52.3 Å². The van der Waals surface area contributed by atoms with Gasteiger partial charge in [0.1, 0.15) is 23.3 Å². The summed E-state index contributed by atoms with van der Waals surface area (Å²) >= 11 is 0. The Balaban J connectivity index is 0.643. The molecule has 0 aliphatic carbocycles. The maximum absolute atomic E-state index is 13.2. The normalized spacial score (nSPS) is 11.8. The molecule has 0 aliphatic rings. The van der Waals surface area contributed by atoms with Crippen LogP contribution < -0.4 is 0 Å². The summed E-state index contributed by atoms with van der Waals surface area (Å²) in [7, 11) is 0. The molecule has 136 heavy (non-hydrogen) atoms. The third-order valence-electron chi connectivity index (χ3n) is 27.4. The maximum atomic E-state index is 13.2. The molecule has 0 N–H and O–H groups in total. The molecular weight excluding hydrogens is 1660 g/mol. The zero-order chi connectivity index (χ0) is 89.7. The fourth-order valence-electron chi connectivity index (χ4n) is 21.6. The molecule has 630 valence electrons. The zero-order valence-electron chi connectivity index (χ0n) is 73.0. The van der Waals surface area contributed by atoms with Gasteiger partial charge in [-0.15, -0.1) is 0 Å².